The van der Waals surface area contributed by atoms with Crippen LogP contribution in [0.5, 0.6) is 5.75 Å². The summed E-state index contributed by atoms with van der Waals surface area (Å²) >= 11 is 0. The number of rotatable bonds is 10. The van der Waals surface area contributed by atoms with E-state index in [-0.39, 0.29) is 12.1 Å². The van der Waals surface area contributed by atoms with Crippen LogP contribution in [0.2, 0.25) is 0 Å². The van der Waals surface area contributed by atoms with Crippen molar-refractivity contribution in [3.63, 3.8) is 0 Å². The van der Waals surface area contributed by atoms with E-state index >= 15 is 0 Å². The number of nitrogens with one attached hydrogen (secondary N) is 3. The Hall–Kier alpha value is -4.07. The molecule has 1 aromatic heterocycles. The van der Waals surface area contributed by atoms with E-state index in [1.165, 1.54) is 5.56 Å². The van der Waals surface area contributed by atoms with E-state index in [0.29, 0.717) is 17.7 Å². The number of carbonyl (C=O) groups excluding carboxylic acids is 1. The predicted molar refractivity (Wildman–Crippen MR) is 142 cm³/mol. The van der Waals surface area contributed by atoms with Gasteiger partial charge in [-0.15, -0.1) is 0 Å². The number of hydrogen-bond acceptors (Lipinski definition) is 6. The number of methoxy groups -OCH3 is 1. The average molecular weight is 537 g/mol. The Bertz CT molecular complexity index is 1380. The maximum atomic E-state index is 12.6. The van der Waals surface area contributed by atoms with Crippen LogP contribution in [0.1, 0.15) is 46.7 Å². The van der Waals surface area contributed by atoms with Gasteiger partial charge in [-0.1, -0.05) is 36.1 Å². The van der Waals surface area contributed by atoms with Crippen LogP contribution in [-0.4, -0.2) is 53.2 Å². The third-order valence-corrected chi connectivity index (χ3v) is 6.66. The van der Waals surface area contributed by atoms with Gasteiger partial charge in [0.25, 0.3) is 12.0 Å². The number of alkyl halides is 2. The summed E-state index contributed by atoms with van der Waals surface area (Å²) in [5.41, 5.74) is 2.48. The second-order valence-electron chi connectivity index (χ2n) is 9.41. The number of ether oxygens (including phenoxy) is 1. The smallest absolute Gasteiger partial charge is 0.293 e. The Kier molecular flexibility index (Phi) is 9.41. The van der Waals surface area contributed by atoms with Crippen LogP contribution in [0, 0.1) is 11.8 Å². The van der Waals surface area contributed by atoms with Gasteiger partial charge in [-0.25, -0.2) is 13.8 Å². The first-order chi connectivity index (χ1) is 18.8. The first-order valence-electron chi connectivity index (χ1n) is 12.6. The maximum absolute atomic E-state index is 12.6. The summed E-state index contributed by atoms with van der Waals surface area (Å²) in [6.45, 7) is -0.0529. The molecule has 1 atom stereocenters. The number of aromatic nitrogens is 2. The molecule has 8 nitrogen and oxygen atoms in total. The first-order valence-corrected chi connectivity index (χ1v) is 12.6. The van der Waals surface area contributed by atoms with Crippen LogP contribution in [0.4, 0.5) is 8.78 Å². The Balaban J connectivity index is 1.38. The molecule has 0 bridgehead atoms. The molecule has 1 aliphatic carbocycles. The van der Waals surface area contributed by atoms with Crippen LogP contribution in [-0.2, 0) is 22.5 Å². The molecule has 39 heavy (non-hydrogen) atoms. The number of aromatic amines is 1. The lowest BCUT2D eigenvalue weighted by Crippen LogP contribution is -2.44. The minimum Gasteiger partial charge on any atom is -0.502 e. The summed E-state index contributed by atoms with van der Waals surface area (Å²) < 4.78 is 30.6. The monoisotopic (exact) mass is 536 g/mol. The number of H-pyrrole nitrogens is 1. The van der Waals surface area contributed by atoms with Crippen molar-refractivity contribution in [2.75, 3.05) is 13.7 Å². The molecule has 4 rings (SSSR count). The van der Waals surface area contributed by atoms with Crippen molar-refractivity contribution < 1.29 is 23.4 Å². The van der Waals surface area contributed by atoms with Crippen molar-refractivity contribution in [2.45, 2.75) is 50.3 Å². The zero-order chi connectivity index (χ0) is 27.8. The van der Waals surface area contributed by atoms with Gasteiger partial charge in [-0.2, -0.15) is 0 Å². The number of amides is 1. The highest BCUT2D eigenvalue weighted by Crippen LogP contribution is 2.25. The van der Waals surface area contributed by atoms with Crippen molar-refractivity contribution in [2.24, 2.45) is 0 Å². The summed E-state index contributed by atoms with van der Waals surface area (Å²) in [6.07, 6.45) is 0.798. The largest absolute Gasteiger partial charge is 0.502 e. The average Bonchev–Trinajstić information content (AvgIpc) is 2.91. The molecule has 3 aromatic rings. The molecule has 1 aliphatic rings. The third-order valence-electron chi connectivity index (χ3n) is 6.66. The molecule has 1 unspecified atom stereocenters. The normalized spacial score (nSPS) is 17.1. The SMILES string of the molecule is COC1CC(NCc2ccc(C#Cc3ccc(CC(C(=O)NCC(F)F)c4nc[nH]c(=O)c4O)cc3)cc2)C1. The van der Waals surface area contributed by atoms with Crippen molar-refractivity contribution in [3.05, 3.63) is 93.2 Å². The van der Waals surface area contributed by atoms with Gasteiger partial charge in [0.15, 0.2) is 0 Å². The molecular formula is C29H30F2N4O4. The molecule has 204 valence electrons. The van der Waals surface area contributed by atoms with E-state index in [1.807, 2.05) is 24.3 Å². The molecule has 2 aromatic carbocycles. The molecule has 1 saturated carbocycles. The highest BCUT2D eigenvalue weighted by Gasteiger charge is 2.28. The van der Waals surface area contributed by atoms with Crippen LogP contribution in [0.3, 0.4) is 0 Å². The highest BCUT2D eigenvalue weighted by atomic mass is 19.3. The van der Waals surface area contributed by atoms with E-state index in [1.54, 1.807) is 31.4 Å². The van der Waals surface area contributed by atoms with E-state index in [4.69, 9.17) is 4.74 Å². The van der Waals surface area contributed by atoms with Gasteiger partial charge < -0.3 is 25.5 Å². The van der Waals surface area contributed by atoms with Gasteiger partial charge in [0, 0.05) is 30.8 Å². The van der Waals surface area contributed by atoms with Crippen LogP contribution in [0.25, 0.3) is 0 Å². The molecule has 1 fully saturated rings. The lowest BCUT2D eigenvalue weighted by Gasteiger charge is -2.34. The van der Waals surface area contributed by atoms with Gasteiger partial charge in [0.05, 0.1) is 24.9 Å². The first kappa shape index (κ1) is 28.0. The molecule has 4 N–H and O–H groups in total. The Morgan fingerprint density at radius 1 is 1.10 bits per heavy atom. The third kappa shape index (κ3) is 7.72. The zero-order valence-corrected chi connectivity index (χ0v) is 21.4. The van der Waals surface area contributed by atoms with Crippen molar-refractivity contribution in [3.8, 4) is 17.6 Å². The maximum Gasteiger partial charge on any atom is 0.293 e. The van der Waals surface area contributed by atoms with Crippen LogP contribution >= 0.6 is 0 Å². The van der Waals surface area contributed by atoms with Gasteiger partial charge >= 0.3 is 0 Å². The predicted octanol–water partition coefficient (Wildman–Crippen LogP) is 2.85. The Morgan fingerprint density at radius 3 is 2.31 bits per heavy atom. The van der Waals surface area contributed by atoms with E-state index in [0.717, 1.165) is 36.8 Å². The number of aromatic hydroxyl groups is 1. The van der Waals surface area contributed by atoms with Gasteiger partial charge in [0.1, 0.15) is 5.69 Å². The van der Waals surface area contributed by atoms with Crippen LogP contribution in [0.15, 0.2) is 59.7 Å². The van der Waals surface area contributed by atoms with E-state index in [2.05, 4.69) is 32.4 Å². The second kappa shape index (κ2) is 13.1. The van der Waals surface area contributed by atoms with Crippen molar-refractivity contribution >= 4 is 5.91 Å². The summed E-state index contributed by atoms with van der Waals surface area (Å²) in [7, 11) is 1.74. The van der Waals surface area contributed by atoms with Crippen molar-refractivity contribution in [1.29, 1.82) is 0 Å². The Labute approximate surface area is 224 Å². The lowest BCUT2D eigenvalue weighted by atomic mass is 9.89. The summed E-state index contributed by atoms with van der Waals surface area (Å²) in [5, 5.41) is 15.8. The highest BCUT2D eigenvalue weighted by molar-refractivity contribution is 5.84. The number of benzene rings is 2. The fraction of sp³-hybridized carbons (Fsp3) is 0.345. The topological polar surface area (TPSA) is 116 Å². The molecule has 0 radical (unpaired) electrons. The zero-order valence-electron chi connectivity index (χ0n) is 21.4. The Morgan fingerprint density at radius 2 is 1.72 bits per heavy atom. The van der Waals surface area contributed by atoms with Gasteiger partial charge in [-0.05, 0) is 54.7 Å². The molecule has 1 heterocycles. The van der Waals surface area contributed by atoms with E-state index < -0.39 is 36.1 Å². The van der Waals surface area contributed by atoms with Gasteiger partial charge in [-0.3, -0.25) is 9.59 Å². The fourth-order valence-corrected chi connectivity index (χ4v) is 4.27. The summed E-state index contributed by atoms with van der Waals surface area (Å²) in [5.74, 6) is 3.61. The quantitative estimate of drug-likeness (QED) is 0.296. The summed E-state index contributed by atoms with van der Waals surface area (Å²) in [4.78, 5) is 30.6. The number of nitrogens with zero attached hydrogens (tertiary/aromatic N) is 1. The molecule has 0 spiro atoms. The molecular weight excluding hydrogens is 506 g/mol. The molecule has 1 amide bonds. The molecule has 10 heteroatoms. The number of halogens is 2. The van der Waals surface area contributed by atoms with E-state index in [9.17, 15) is 23.5 Å². The fourth-order valence-electron chi connectivity index (χ4n) is 4.27. The lowest BCUT2D eigenvalue weighted by molar-refractivity contribution is -0.123. The number of carbonyl (C=O) groups is 1. The van der Waals surface area contributed by atoms with Crippen molar-refractivity contribution in [1.82, 2.24) is 20.6 Å². The minimum absolute atomic E-state index is 0.0370. The molecule has 0 saturated heterocycles. The second-order valence-corrected chi connectivity index (χ2v) is 9.41. The van der Waals surface area contributed by atoms with Gasteiger partial charge in [0.2, 0.25) is 11.7 Å². The summed E-state index contributed by atoms with van der Waals surface area (Å²) in [6, 6.07) is 15.6. The number of hydrogen-bond donors (Lipinski definition) is 4. The molecule has 0 aliphatic heterocycles. The van der Waals surface area contributed by atoms with Crippen LogP contribution < -0.4 is 16.2 Å². The standard InChI is InChI=1S/C29H30F2N4O4/c1-39-23-13-22(14-23)32-15-21-10-6-19(7-11-21)3-2-18-4-8-20(9-5-18)12-24(28(37)33-16-25(30)31)26-27(36)29(38)35-17-34-26/h4-11,17,22-25,32,36H,12-16H2,1H3,(H,33,37)(H,34,35,38). The minimum atomic E-state index is -2.74.